The van der Waals surface area contributed by atoms with Crippen LogP contribution in [0.1, 0.15) is 47.5 Å². The molecule has 0 radical (unpaired) electrons. The predicted molar refractivity (Wildman–Crippen MR) is 110 cm³/mol. The van der Waals surface area contributed by atoms with E-state index in [1.807, 2.05) is 54.9 Å². The maximum absolute atomic E-state index is 13.0. The number of nitrogens with zero attached hydrogens (tertiary/aromatic N) is 1. The molecule has 2 aromatic heterocycles. The molecule has 2 aromatic carbocycles. The molecular formula is C24H20N2O3. The highest BCUT2D eigenvalue weighted by molar-refractivity contribution is 6.15. The van der Waals surface area contributed by atoms with Gasteiger partial charge in [0.25, 0.3) is 0 Å². The number of para-hydroxylation sites is 2. The summed E-state index contributed by atoms with van der Waals surface area (Å²) >= 11 is 0. The van der Waals surface area contributed by atoms with Gasteiger partial charge in [-0.05, 0) is 23.6 Å². The van der Waals surface area contributed by atoms with Crippen LogP contribution in [0, 0.1) is 0 Å². The van der Waals surface area contributed by atoms with Gasteiger partial charge in [-0.25, -0.2) is 0 Å². The van der Waals surface area contributed by atoms with Gasteiger partial charge in [-0.1, -0.05) is 36.4 Å². The molecule has 0 saturated heterocycles. The molecule has 3 heterocycles. The van der Waals surface area contributed by atoms with Crippen molar-refractivity contribution in [3.05, 3.63) is 71.5 Å². The summed E-state index contributed by atoms with van der Waals surface area (Å²) in [6, 6.07) is 13.8. The lowest BCUT2D eigenvalue weighted by molar-refractivity contribution is -0.122. The number of aromatic nitrogens is 2. The van der Waals surface area contributed by atoms with Gasteiger partial charge >= 0.3 is 0 Å². The van der Waals surface area contributed by atoms with Crippen molar-refractivity contribution in [2.45, 2.75) is 37.3 Å². The summed E-state index contributed by atoms with van der Waals surface area (Å²) in [6.07, 6.45) is 4.06. The SMILES string of the molecule is O=C1CC(=O)[C@H](c2cn3c4c(cccc24)[C@H](O)CC3)[C@H]1c1c[nH]c2ccccc12. The molecule has 6 rings (SSSR count). The van der Waals surface area contributed by atoms with Crippen LogP contribution in [0.3, 0.4) is 0 Å². The number of hydrogen-bond acceptors (Lipinski definition) is 3. The Bertz CT molecular complexity index is 1310. The second-order valence-electron chi connectivity index (χ2n) is 8.18. The van der Waals surface area contributed by atoms with Gasteiger partial charge in [0.15, 0.2) is 0 Å². The van der Waals surface area contributed by atoms with Gasteiger partial charge in [0.1, 0.15) is 11.6 Å². The standard InChI is InChI=1S/C24H20N2O3/c27-19-8-9-26-12-17(14-5-3-6-15(19)24(14)26)23-21(29)10-20(28)22(23)16-11-25-18-7-2-1-4-13(16)18/h1-7,11-12,19,22-23,25,27H,8-10H2/t19-,22+,23+/m1/s1. The van der Waals surface area contributed by atoms with Crippen molar-refractivity contribution in [2.24, 2.45) is 0 Å². The number of H-pyrrole nitrogens is 1. The van der Waals surface area contributed by atoms with E-state index in [9.17, 15) is 14.7 Å². The second kappa shape index (κ2) is 5.91. The zero-order valence-corrected chi connectivity index (χ0v) is 15.8. The molecule has 5 nitrogen and oxygen atoms in total. The van der Waals surface area contributed by atoms with Crippen molar-refractivity contribution in [3.8, 4) is 0 Å². The molecule has 29 heavy (non-hydrogen) atoms. The fraction of sp³-hybridized carbons (Fsp3) is 0.250. The van der Waals surface area contributed by atoms with Crippen molar-refractivity contribution >= 4 is 33.4 Å². The number of benzene rings is 2. The first-order chi connectivity index (χ1) is 14.1. The number of carbonyl (C=O) groups is 2. The molecule has 2 aliphatic rings. The molecule has 2 N–H and O–H groups in total. The zero-order chi connectivity index (χ0) is 19.7. The van der Waals surface area contributed by atoms with Crippen molar-refractivity contribution in [1.29, 1.82) is 0 Å². The highest BCUT2D eigenvalue weighted by Gasteiger charge is 2.45. The summed E-state index contributed by atoms with van der Waals surface area (Å²) in [7, 11) is 0. The van der Waals surface area contributed by atoms with Crippen LogP contribution in [-0.4, -0.2) is 26.2 Å². The molecular weight excluding hydrogens is 364 g/mol. The Morgan fingerprint density at radius 3 is 2.52 bits per heavy atom. The quantitative estimate of drug-likeness (QED) is 0.514. The van der Waals surface area contributed by atoms with Crippen LogP contribution >= 0.6 is 0 Å². The Morgan fingerprint density at radius 1 is 0.897 bits per heavy atom. The Morgan fingerprint density at radius 2 is 1.66 bits per heavy atom. The molecule has 1 fully saturated rings. The number of Topliss-reactive ketones (excluding diaryl/α,β-unsaturated/α-hetero) is 2. The summed E-state index contributed by atoms with van der Waals surface area (Å²) in [6.45, 7) is 0.710. The Kier molecular flexibility index (Phi) is 3.41. The van der Waals surface area contributed by atoms with E-state index >= 15 is 0 Å². The summed E-state index contributed by atoms with van der Waals surface area (Å²) < 4.78 is 2.13. The number of aliphatic hydroxyl groups is 1. The molecule has 144 valence electrons. The fourth-order valence-corrected chi connectivity index (χ4v) is 5.35. The van der Waals surface area contributed by atoms with Crippen LogP contribution in [-0.2, 0) is 16.1 Å². The lowest BCUT2D eigenvalue weighted by Gasteiger charge is -2.20. The first kappa shape index (κ1) is 16.7. The molecule has 0 spiro atoms. The van der Waals surface area contributed by atoms with E-state index in [4.69, 9.17) is 0 Å². The van der Waals surface area contributed by atoms with Gasteiger partial charge in [0.05, 0.1) is 29.9 Å². The van der Waals surface area contributed by atoms with E-state index < -0.39 is 17.9 Å². The smallest absolute Gasteiger partial charge is 0.148 e. The Hall–Kier alpha value is -3.18. The van der Waals surface area contributed by atoms with Gasteiger partial charge in [0, 0.05) is 40.8 Å². The fourth-order valence-electron chi connectivity index (χ4n) is 5.35. The molecule has 4 aromatic rings. The summed E-state index contributed by atoms with van der Waals surface area (Å²) in [5.74, 6) is -1.01. The topological polar surface area (TPSA) is 75.1 Å². The Labute approximate surface area is 167 Å². The third kappa shape index (κ3) is 2.25. The van der Waals surface area contributed by atoms with E-state index in [0.29, 0.717) is 13.0 Å². The molecule has 0 amide bonds. The minimum Gasteiger partial charge on any atom is -0.388 e. The molecule has 3 atom stereocenters. The van der Waals surface area contributed by atoms with Gasteiger partial charge in [0.2, 0.25) is 0 Å². The summed E-state index contributed by atoms with van der Waals surface area (Å²) in [4.78, 5) is 29.3. The van der Waals surface area contributed by atoms with Crippen LogP contribution in [0.15, 0.2) is 54.9 Å². The molecule has 1 saturated carbocycles. The van der Waals surface area contributed by atoms with Crippen molar-refractivity contribution in [1.82, 2.24) is 9.55 Å². The van der Waals surface area contributed by atoms with Gasteiger partial charge in [-0.15, -0.1) is 0 Å². The lowest BCUT2D eigenvalue weighted by Crippen LogP contribution is -2.14. The third-order valence-corrected chi connectivity index (χ3v) is 6.63. The van der Waals surface area contributed by atoms with Crippen LogP contribution in [0.5, 0.6) is 0 Å². The van der Waals surface area contributed by atoms with Crippen LogP contribution in [0.4, 0.5) is 0 Å². The van der Waals surface area contributed by atoms with Gasteiger partial charge in [-0.3, -0.25) is 9.59 Å². The van der Waals surface area contributed by atoms with Crippen LogP contribution < -0.4 is 0 Å². The number of aromatic amines is 1. The first-order valence-electron chi connectivity index (χ1n) is 10.0. The van der Waals surface area contributed by atoms with Crippen LogP contribution in [0.2, 0.25) is 0 Å². The molecule has 1 aliphatic carbocycles. The third-order valence-electron chi connectivity index (χ3n) is 6.63. The van der Waals surface area contributed by atoms with Gasteiger partial charge in [-0.2, -0.15) is 0 Å². The van der Waals surface area contributed by atoms with E-state index in [1.54, 1.807) is 0 Å². The average molecular weight is 384 g/mol. The highest BCUT2D eigenvalue weighted by Crippen LogP contribution is 2.47. The molecule has 0 bridgehead atoms. The number of aliphatic hydroxyl groups excluding tert-OH is 1. The molecule has 5 heteroatoms. The van der Waals surface area contributed by atoms with E-state index in [2.05, 4.69) is 9.55 Å². The maximum atomic E-state index is 13.0. The van der Waals surface area contributed by atoms with Crippen LogP contribution in [0.25, 0.3) is 21.8 Å². The number of rotatable bonds is 2. The van der Waals surface area contributed by atoms with Crippen molar-refractivity contribution < 1.29 is 14.7 Å². The van der Waals surface area contributed by atoms with E-state index in [1.165, 1.54) is 0 Å². The largest absolute Gasteiger partial charge is 0.388 e. The minimum atomic E-state index is -0.490. The monoisotopic (exact) mass is 384 g/mol. The number of carbonyl (C=O) groups excluding carboxylic acids is 2. The Balaban J connectivity index is 1.58. The van der Waals surface area contributed by atoms with Gasteiger partial charge < -0.3 is 14.7 Å². The average Bonchev–Trinajstić information content (AvgIpc) is 3.38. The number of hydrogen-bond donors (Lipinski definition) is 2. The number of aryl methyl sites for hydroxylation is 1. The molecule has 0 unspecified atom stereocenters. The second-order valence-corrected chi connectivity index (χ2v) is 8.18. The predicted octanol–water partition coefficient (Wildman–Crippen LogP) is 3.97. The summed E-state index contributed by atoms with van der Waals surface area (Å²) in [5, 5.41) is 12.4. The van der Waals surface area contributed by atoms with E-state index in [0.717, 1.165) is 38.5 Å². The highest BCUT2D eigenvalue weighted by atomic mass is 16.3. The van der Waals surface area contributed by atoms with Crippen molar-refractivity contribution in [3.63, 3.8) is 0 Å². The molecule has 1 aliphatic heterocycles. The summed E-state index contributed by atoms with van der Waals surface area (Å²) in [5.41, 5.74) is 4.67. The van der Waals surface area contributed by atoms with E-state index in [-0.39, 0.29) is 18.0 Å². The number of ketones is 2. The maximum Gasteiger partial charge on any atom is 0.148 e. The zero-order valence-electron chi connectivity index (χ0n) is 15.8. The normalized spacial score (nSPS) is 24.1. The first-order valence-corrected chi connectivity index (χ1v) is 10.0. The number of fused-ring (bicyclic) bond motifs is 1. The number of nitrogens with one attached hydrogen (secondary N) is 1. The minimum absolute atomic E-state index is 0.0169. The van der Waals surface area contributed by atoms with Crippen molar-refractivity contribution in [2.75, 3.05) is 0 Å². The lowest BCUT2D eigenvalue weighted by atomic mass is 9.82.